The minimum Gasteiger partial charge on any atom is -0.467 e. The predicted molar refractivity (Wildman–Crippen MR) is 103 cm³/mol. The summed E-state index contributed by atoms with van der Waals surface area (Å²) in [6, 6.07) is 5.28. The molecule has 0 N–H and O–H groups in total. The number of pyridine rings is 1. The number of carbonyl (C=O) groups excluding carboxylic acids is 1. The molecule has 1 aliphatic rings. The number of furan rings is 1. The molecular formula is C20H22F6N4O2. The lowest BCUT2D eigenvalue weighted by molar-refractivity contribution is -0.163. The van der Waals surface area contributed by atoms with Crippen molar-refractivity contribution in [3.05, 3.63) is 48.0 Å². The molecule has 1 aliphatic heterocycles. The number of halogens is 6. The van der Waals surface area contributed by atoms with Crippen LogP contribution in [0.15, 0.2) is 41.1 Å². The Morgan fingerprint density at radius 2 is 1.84 bits per heavy atom. The molecule has 1 amide bonds. The number of anilines is 1. The van der Waals surface area contributed by atoms with Crippen LogP contribution < -0.4 is 4.90 Å². The van der Waals surface area contributed by atoms with Gasteiger partial charge in [-0.1, -0.05) is 0 Å². The number of hydrogen-bond donors (Lipinski definition) is 0. The van der Waals surface area contributed by atoms with Crippen molar-refractivity contribution in [3.63, 3.8) is 0 Å². The summed E-state index contributed by atoms with van der Waals surface area (Å²) in [5.74, 6) is -0.0551. The summed E-state index contributed by atoms with van der Waals surface area (Å²) in [6.45, 7) is -0.183. The Kier molecular flexibility index (Phi) is 7.32. The van der Waals surface area contributed by atoms with Crippen molar-refractivity contribution in [1.82, 2.24) is 14.8 Å². The maximum absolute atomic E-state index is 13.0. The van der Waals surface area contributed by atoms with Gasteiger partial charge in [0.15, 0.2) is 0 Å². The second kappa shape index (κ2) is 9.80. The fourth-order valence-electron chi connectivity index (χ4n) is 3.43. The molecule has 12 heteroatoms. The van der Waals surface area contributed by atoms with Crippen LogP contribution in [0.2, 0.25) is 0 Å². The molecule has 1 saturated heterocycles. The molecule has 32 heavy (non-hydrogen) atoms. The quantitative estimate of drug-likeness (QED) is 0.609. The van der Waals surface area contributed by atoms with E-state index < -0.39 is 30.4 Å². The van der Waals surface area contributed by atoms with E-state index in [0.29, 0.717) is 43.3 Å². The Bertz CT molecular complexity index is 868. The highest BCUT2D eigenvalue weighted by molar-refractivity contribution is 5.78. The molecule has 6 nitrogen and oxygen atoms in total. The van der Waals surface area contributed by atoms with Gasteiger partial charge in [0.1, 0.15) is 18.1 Å². The van der Waals surface area contributed by atoms with E-state index in [0.717, 1.165) is 12.3 Å². The van der Waals surface area contributed by atoms with Crippen molar-refractivity contribution < 1.29 is 35.6 Å². The average molecular weight is 464 g/mol. The molecule has 0 saturated carbocycles. The first kappa shape index (κ1) is 23.9. The lowest BCUT2D eigenvalue weighted by atomic mass is 10.2. The van der Waals surface area contributed by atoms with Crippen LogP contribution in [0.25, 0.3) is 0 Å². The Balaban J connectivity index is 1.59. The van der Waals surface area contributed by atoms with Crippen molar-refractivity contribution in [2.75, 3.05) is 44.2 Å². The van der Waals surface area contributed by atoms with E-state index in [1.54, 1.807) is 9.80 Å². The largest absolute Gasteiger partial charge is 0.467 e. The average Bonchev–Trinajstić information content (AvgIpc) is 3.10. The SMILES string of the molecule is O=C(CN1CCCN(c2ccc(C(F)(F)F)cn2)CC1)N(Cc1ccco1)CC(F)(F)F. The molecule has 0 aromatic carbocycles. The molecule has 0 spiro atoms. The van der Waals surface area contributed by atoms with Crippen LogP contribution in [0, 0.1) is 0 Å². The van der Waals surface area contributed by atoms with Gasteiger partial charge in [-0.3, -0.25) is 9.69 Å². The van der Waals surface area contributed by atoms with Gasteiger partial charge in [0.2, 0.25) is 5.91 Å². The molecule has 176 valence electrons. The van der Waals surface area contributed by atoms with Gasteiger partial charge in [-0.2, -0.15) is 26.3 Å². The van der Waals surface area contributed by atoms with Gasteiger partial charge in [0, 0.05) is 32.4 Å². The second-order valence-electron chi connectivity index (χ2n) is 7.46. The summed E-state index contributed by atoms with van der Waals surface area (Å²) in [5, 5.41) is 0. The second-order valence-corrected chi connectivity index (χ2v) is 7.46. The molecule has 3 heterocycles. The van der Waals surface area contributed by atoms with Crippen LogP contribution in [-0.4, -0.2) is 66.1 Å². The molecule has 0 atom stereocenters. The molecule has 0 radical (unpaired) electrons. The van der Waals surface area contributed by atoms with E-state index in [1.807, 2.05) is 0 Å². The van der Waals surface area contributed by atoms with E-state index >= 15 is 0 Å². The number of alkyl halides is 6. The fourth-order valence-corrected chi connectivity index (χ4v) is 3.43. The van der Waals surface area contributed by atoms with Gasteiger partial charge in [0.05, 0.1) is 24.9 Å². The van der Waals surface area contributed by atoms with Gasteiger partial charge in [0.25, 0.3) is 0 Å². The minimum absolute atomic E-state index is 0.203. The molecule has 0 aliphatic carbocycles. The van der Waals surface area contributed by atoms with Gasteiger partial charge in [-0.25, -0.2) is 4.98 Å². The fraction of sp³-hybridized carbons (Fsp3) is 0.500. The lowest BCUT2D eigenvalue weighted by Crippen LogP contribution is -2.44. The van der Waals surface area contributed by atoms with Gasteiger partial charge in [-0.15, -0.1) is 0 Å². The molecule has 1 fully saturated rings. The number of hydrogen-bond acceptors (Lipinski definition) is 5. The third-order valence-corrected chi connectivity index (χ3v) is 5.00. The van der Waals surface area contributed by atoms with Crippen molar-refractivity contribution in [3.8, 4) is 0 Å². The van der Waals surface area contributed by atoms with Crippen molar-refractivity contribution in [2.45, 2.75) is 25.3 Å². The van der Waals surface area contributed by atoms with Gasteiger partial charge in [-0.05, 0) is 30.7 Å². The molecule has 0 unspecified atom stereocenters. The highest BCUT2D eigenvalue weighted by atomic mass is 19.4. The predicted octanol–water partition coefficient (Wildman–Crippen LogP) is 3.80. The summed E-state index contributed by atoms with van der Waals surface area (Å²) >= 11 is 0. The highest BCUT2D eigenvalue weighted by Crippen LogP contribution is 2.29. The zero-order valence-corrected chi connectivity index (χ0v) is 17.0. The normalized spacial score (nSPS) is 16.1. The zero-order valence-electron chi connectivity index (χ0n) is 17.0. The standard InChI is InChI=1S/C20H22F6N4O2/c21-19(22,23)14-30(12-16-3-1-10-32-16)18(31)13-28-6-2-7-29(9-8-28)17-5-4-15(11-27-17)20(24,25)26/h1,3-5,10-11H,2,6-9,12-14H2. The van der Waals surface area contributed by atoms with Crippen LogP contribution in [0.5, 0.6) is 0 Å². The number of carbonyl (C=O) groups is 1. The van der Waals surface area contributed by atoms with Crippen LogP contribution >= 0.6 is 0 Å². The highest BCUT2D eigenvalue weighted by Gasteiger charge is 2.34. The zero-order chi connectivity index (χ0) is 23.4. The maximum Gasteiger partial charge on any atom is 0.417 e. The Morgan fingerprint density at radius 1 is 1.06 bits per heavy atom. The third-order valence-electron chi connectivity index (χ3n) is 5.00. The maximum atomic E-state index is 13.0. The summed E-state index contributed by atoms with van der Waals surface area (Å²) in [4.78, 5) is 20.7. The van der Waals surface area contributed by atoms with Crippen LogP contribution in [-0.2, 0) is 17.5 Å². The first-order valence-electron chi connectivity index (χ1n) is 9.89. The summed E-state index contributed by atoms with van der Waals surface area (Å²) in [7, 11) is 0. The molecule has 2 aromatic heterocycles. The van der Waals surface area contributed by atoms with Crippen LogP contribution in [0.3, 0.4) is 0 Å². The smallest absolute Gasteiger partial charge is 0.417 e. The van der Waals surface area contributed by atoms with E-state index in [2.05, 4.69) is 4.98 Å². The number of amides is 1. The van der Waals surface area contributed by atoms with Crippen LogP contribution in [0.1, 0.15) is 17.7 Å². The van der Waals surface area contributed by atoms with Crippen molar-refractivity contribution in [2.24, 2.45) is 0 Å². The number of rotatable bonds is 6. The van der Waals surface area contributed by atoms with Crippen LogP contribution in [0.4, 0.5) is 32.2 Å². The third kappa shape index (κ3) is 6.87. The van der Waals surface area contributed by atoms with E-state index in [1.165, 1.54) is 24.5 Å². The molecule has 3 rings (SSSR count). The summed E-state index contributed by atoms with van der Waals surface area (Å²) < 4.78 is 82.1. The minimum atomic E-state index is -4.55. The summed E-state index contributed by atoms with van der Waals surface area (Å²) in [6.07, 6.45) is -6.35. The first-order valence-corrected chi connectivity index (χ1v) is 9.89. The monoisotopic (exact) mass is 464 g/mol. The Labute approximate surface area is 180 Å². The van der Waals surface area contributed by atoms with Gasteiger partial charge < -0.3 is 14.2 Å². The topological polar surface area (TPSA) is 52.8 Å². The number of aromatic nitrogens is 1. The van der Waals surface area contributed by atoms with E-state index in [-0.39, 0.29) is 18.8 Å². The van der Waals surface area contributed by atoms with E-state index in [9.17, 15) is 31.1 Å². The molecule has 0 bridgehead atoms. The molecular weight excluding hydrogens is 442 g/mol. The van der Waals surface area contributed by atoms with Crippen molar-refractivity contribution in [1.29, 1.82) is 0 Å². The van der Waals surface area contributed by atoms with E-state index in [4.69, 9.17) is 4.42 Å². The Morgan fingerprint density at radius 3 is 2.44 bits per heavy atom. The van der Waals surface area contributed by atoms with Gasteiger partial charge >= 0.3 is 12.4 Å². The first-order chi connectivity index (χ1) is 15.0. The molecule has 2 aromatic rings. The van der Waals surface area contributed by atoms with Crippen molar-refractivity contribution >= 4 is 11.7 Å². The summed E-state index contributed by atoms with van der Waals surface area (Å²) in [5.41, 5.74) is -0.843. The number of nitrogens with zero attached hydrogens (tertiary/aromatic N) is 4. The lowest BCUT2D eigenvalue weighted by Gasteiger charge is -2.27. The Hall–Kier alpha value is -2.76.